The first-order chi connectivity index (χ1) is 26.6. The smallest absolute Gasteiger partial charge is 0.329 e. The highest BCUT2D eigenvalue weighted by atomic mass is 16.2. The van der Waals surface area contributed by atoms with Crippen molar-refractivity contribution < 1.29 is 19.2 Å². The molecule has 4 aromatic heterocycles. The summed E-state index contributed by atoms with van der Waals surface area (Å²) in [5, 5.41) is 7.13. The minimum Gasteiger partial charge on any atom is -0.347 e. The van der Waals surface area contributed by atoms with Crippen LogP contribution in [0.3, 0.4) is 0 Å². The topological polar surface area (TPSA) is 166 Å². The van der Waals surface area contributed by atoms with Crippen LogP contribution in [0.15, 0.2) is 77.9 Å². The first-order valence-electron chi connectivity index (χ1n) is 18.3. The lowest BCUT2D eigenvalue weighted by Crippen LogP contribution is -2.44. The van der Waals surface area contributed by atoms with Crippen molar-refractivity contribution in [1.82, 2.24) is 44.2 Å². The van der Waals surface area contributed by atoms with Gasteiger partial charge in [-0.05, 0) is 36.1 Å². The average Bonchev–Trinajstić information content (AvgIpc) is 3.69. The number of carbonyl (C=O) groups is 4. The fourth-order valence-corrected chi connectivity index (χ4v) is 7.67. The van der Waals surface area contributed by atoms with Crippen LogP contribution in [0.5, 0.6) is 0 Å². The summed E-state index contributed by atoms with van der Waals surface area (Å²) >= 11 is 0. The Labute approximate surface area is 315 Å². The number of rotatable bonds is 8. The summed E-state index contributed by atoms with van der Waals surface area (Å²) in [5.74, 6) is -0.122. The molecule has 4 amide bonds. The van der Waals surface area contributed by atoms with Gasteiger partial charge in [-0.2, -0.15) is 0 Å². The van der Waals surface area contributed by atoms with E-state index < -0.39 is 11.9 Å². The number of hydrogen-bond acceptors (Lipinski definition) is 8. The van der Waals surface area contributed by atoms with E-state index in [9.17, 15) is 24.0 Å². The Kier molecular flexibility index (Phi) is 9.17. The number of amides is 4. The highest BCUT2D eigenvalue weighted by Crippen LogP contribution is 2.34. The molecule has 2 aromatic carbocycles. The van der Waals surface area contributed by atoms with Crippen molar-refractivity contribution in [2.75, 3.05) is 13.1 Å². The molecule has 2 aliphatic heterocycles. The van der Waals surface area contributed by atoms with Crippen molar-refractivity contribution in [2.45, 2.75) is 52.2 Å². The maximum atomic E-state index is 13.2. The lowest BCUT2D eigenvalue weighted by molar-refractivity contribution is -0.135. The number of aryl methyl sites for hydroxylation is 2. The van der Waals surface area contributed by atoms with Gasteiger partial charge in [-0.25, -0.2) is 9.78 Å². The molecule has 0 radical (unpaired) electrons. The maximum Gasteiger partial charge on any atom is 0.329 e. The monoisotopic (exact) mass is 737 g/mol. The standard InChI is InChI=1S/C41H39N9O5/c1-4-35-45-37(34-23-48(24(2)51)18-19-49(34)35)28-11-5-9-26-20-31(44-22-29(26)28)27-13-14-30(43-21-27)39(53)42-17-7-10-25-8-6-12-32-38(25)47(3)41(55)50(32)33-15-16-36(52)46-40(33)54/h5-14,20-22,33H,4,15-19,23H2,1-3H3,(H,42,53)(H,46,52,54)/b10-7+. The van der Waals surface area contributed by atoms with Gasteiger partial charge in [-0.1, -0.05) is 49.4 Å². The molecule has 1 saturated heterocycles. The summed E-state index contributed by atoms with van der Waals surface area (Å²) in [6.45, 7) is 5.82. The van der Waals surface area contributed by atoms with E-state index in [0.29, 0.717) is 29.8 Å². The highest BCUT2D eigenvalue weighted by Gasteiger charge is 2.31. The maximum absolute atomic E-state index is 13.2. The van der Waals surface area contributed by atoms with Gasteiger partial charge in [-0.15, -0.1) is 0 Å². The Morgan fingerprint density at radius 3 is 2.62 bits per heavy atom. The predicted octanol–water partition coefficient (Wildman–Crippen LogP) is 4.16. The number of nitrogens with one attached hydrogen (secondary N) is 2. The minimum atomic E-state index is -0.772. The van der Waals surface area contributed by atoms with Crippen LogP contribution in [0.2, 0.25) is 0 Å². The van der Waals surface area contributed by atoms with Crippen molar-refractivity contribution in [2.24, 2.45) is 7.05 Å². The van der Waals surface area contributed by atoms with E-state index in [1.165, 1.54) is 9.13 Å². The zero-order valence-electron chi connectivity index (χ0n) is 30.7. The number of hydrogen-bond donors (Lipinski definition) is 2. The lowest BCUT2D eigenvalue weighted by atomic mass is 10.0. The van der Waals surface area contributed by atoms with Crippen LogP contribution in [0.25, 0.3) is 50.4 Å². The molecule has 1 fully saturated rings. The van der Waals surface area contributed by atoms with E-state index in [-0.39, 0.29) is 48.5 Å². The van der Waals surface area contributed by atoms with Gasteiger partial charge in [0.25, 0.3) is 5.91 Å². The Morgan fingerprint density at radius 1 is 1.02 bits per heavy atom. The number of benzene rings is 2. The van der Waals surface area contributed by atoms with Gasteiger partial charge in [0, 0.05) is 80.9 Å². The van der Waals surface area contributed by atoms with Gasteiger partial charge in [0.15, 0.2) is 0 Å². The Morgan fingerprint density at radius 2 is 1.85 bits per heavy atom. The second kappa shape index (κ2) is 14.3. The molecule has 0 saturated carbocycles. The van der Waals surface area contributed by atoms with Crippen LogP contribution in [0.4, 0.5) is 0 Å². The number of carbonyl (C=O) groups excluding carboxylic acids is 4. The Balaban J connectivity index is 0.964. The number of para-hydroxylation sites is 1. The summed E-state index contributed by atoms with van der Waals surface area (Å²) in [6, 6.07) is 16.2. The molecule has 2 aliphatic rings. The third-order valence-electron chi connectivity index (χ3n) is 10.5. The number of fused-ring (bicyclic) bond motifs is 3. The summed E-state index contributed by atoms with van der Waals surface area (Å²) in [4.78, 5) is 78.8. The minimum absolute atomic E-state index is 0.0520. The van der Waals surface area contributed by atoms with Crippen LogP contribution in [0.1, 0.15) is 60.3 Å². The molecule has 1 atom stereocenters. The molecule has 278 valence electrons. The van der Waals surface area contributed by atoms with Crippen molar-refractivity contribution in [1.29, 1.82) is 0 Å². The quantitative estimate of drug-likeness (QED) is 0.220. The van der Waals surface area contributed by atoms with Gasteiger partial charge in [0.2, 0.25) is 17.7 Å². The van der Waals surface area contributed by atoms with Crippen LogP contribution >= 0.6 is 0 Å². The molecule has 0 spiro atoms. The van der Waals surface area contributed by atoms with Gasteiger partial charge in [0.05, 0.1) is 34.7 Å². The molecular formula is C41H39N9O5. The van der Waals surface area contributed by atoms with E-state index in [1.807, 2.05) is 53.6 Å². The Hall–Kier alpha value is -6.70. The van der Waals surface area contributed by atoms with Gasteiger partial charge < -0.3 is 14.8 Å². The molecule has 6 aromatic rings. The Bertz CT molecular complexity index is 2630. The molecule has 0 bridgehead atoms. The molecule has 55 heavy (non-hydrogen) atoms. The third kappa shape index (κ3) is 6.38. The van der Waals surface area contributed by atoms with E-state index in [4.69, 9.17) is 9.97 Å². The largest absolute Gasteiger partial charge is 0.347 e. The van der Waals surface area contributed by atoms with E-state index in [1.54, 1.807) is 44.4 Å². The highest BCUT2D eigenvalue weighted by molar-refractivity contribution is 6.00. The molecule has 0 aliphatic carbocycles. The molecule has 14 heteroatoms. The van der Waals surface area contributed by atoms with Crippen LogP contribution in [-0.4, -0.2) is 70.3 Å². The number of imidazole rings is 2. The summed E-state index contributed by atoms with van der Waals surface area (Å²) in [7, 11) is 1.64. The zero-order valence-corrected chi connectivity index (χ0v) is 30.7. The van der Waals surface area contributed by atoms with Crippen LogP contribution in [-0.2, 0) is 40.9 Å². The van der Waals surface area contributed by atoms with Gasteiger partial charge in [-0.3, -0.25) is 43.6 Å². The second-order valence-corrected chi connectivity index (χ2v) is 13.8. The fraction of sp³-hybridized carbons (Fsp3) is 0.268. The zero-order chi connectivity index (χ0) is 38.4. The van der Waals surface area contributed by atoms with Crippen molar-refractivity contribution in [3.8, 4) is 22.5 Å². The summed E-state index contributed by atoms with van der Waals surface area (Å²) < 4.78 is 5.17. The number of piperidine rings is 1. The van der Waals surface area contributed by atoms with Crippen molar-refractivity contribution in [3.63, 3.8) is 0 Å². The van der Waals surface area contributed by atoms with Crippen molar-refractivity contribution in [3.05, 3.63) is 106 Å². The van der Waals surface area contributed by atoms with E-state index in [2.05, 4.69) is 27.1 Å². The van der Waals surface area contributed by atoms with Gasteiger partial charge in [0.1, 0.15) is 17.6 Å². The summed E-state index contributed by atoms with van der Waals surface area (Å²) in [6.07, 6.45) is 8.28. The molecule has 8 rings (SSSR count). The number of nitrogens with zero attached hydrogens (tertiary/aromatic N) is 7. The number of pyridine rings is 2. The second-order valence-electron chi connectivity index (χ2n) is 13.8. The molecular weight excluding hydrogens is 699 g/mol. The number of imide groups is 1. The van der Waals surface area contributed by atoms with Crippen LogP contribution < -0.4 is 16.3 Å². The van der Waals surface area contributed by atoms with E-state index >= 15 is 0 Å². The van der Waals surface area contributed by atoms with Crippen LogP contribution in [0, 0.1) is 0 Å². The molecule has 1 unspecified atom stereocenters. The SMILES string of the molecule is CCc1nc(-c2cccc3cc(-c4ccc(C(=O)NC/C=C/c5cccc6c5n(C)c(=O)n6C5CCC(=O)NC5=O)nc4)ncc23)c2n1CCN(C(C)=O)C2. The van der Waals surface area contributed by atoms with E-state index in [0.717, 1.165) is 57.6 Å². The first kappa shape index (κ1) is 35.3. The molecule has 2 N–H and O–H groups in total. The van der Waals surface area contributed by atoms with Gasteiger partial charge >= 0.3 is 5.69 Å². The third-order valence-corrected chi connectivity index (χ3v) is 10.5. The predicted molar refractivity (Wildman–Crippen MR) is 207 cm³/mol. The molecule has 6 heterocycles. The fourth-order valence-electron chi connectivity index (χ4n) is 7.67. The normalized spacial score (nSPS) is 15.8. The average molecular weight is 738 g/mol. The van der Waals surface area contributed by atoms with Crippen molar-refractivity contribution >= 4 is 51.5 Å². The summed E-state index contributed by atoms with van der Waals surface area (Å²) in [5.41, 5.74) is 6.23. The number of aromatic nitrogens is 6. The lowest BCUT2D eigenvalue weighted by Gasteiger charge is -2.28. The molecule has 14 nitrogen and oxygen atoms in total. The first-order valence-corrected chi connectivity index (χ1v) is 18.3.